The molecule has 96 valence electrons. The third-order valence-electron chi connectivity index (χ3n) is 2.58. The van der Waals surface area contributed by atoms with Gasteiger partial charge >= 0.3 is 0 Å². The molecule has 2 N–H and O–H groups in total. The zero-order valence-corrected chi connectivity index (χ0v) is 10.8. The first-order valence-electron chi connectivity index (χ1n) is 5.58. The van der Waals surface area contributed by atoms with Crippen LogP contribution in [0.2, 0.25) is 0 Å². The predicted octanol–water partition coefficient (Wildman–Crippen LogP) is 0.987. The summed E-state index contributed by atoms with van der Waals surface area (Å²) in [6, 6.07) is 0. The van der Waals surface area contributed by atoms with Crippen molar-refractivity contribution in [3.8, 4) is 0 Å². The van der Waals surface area contributed by atoms with Crippen LogP contribution >= 0.6 is 0 Å². The van der Waals surface area contributed by atoms with Crippen LogP contribution in [0.15, 0.2) is 0 Å². The monoisotopic (exact) mass is 251 g/mol. The fourth-order valence-electron chi connectivity index (χ4n) is 1.61. The van der Waals surface area contributed by atoms with Gasteiger partial charge in [0.05, 0.1) is 11.4 Å². The van der Waals surface area contributed by atoms with Crippen LogP contribution in [0.5, 0.6) is 0 Å². The van der Waals surface area contributed by atoms with Crippen molar-refractivity contribution in [2.75, 3.05) is 12.4 Å². The minimum Gasteiger partial charge on any atom is -0.353 e. The van der Waals surface area contributed by atoms with Gasteiger partial charge in [0.2, 0.25) is 10.0 Å². The van der Waals surface area contributed by atoms with E-state index in [4.69, 9.17) is 14.6 Å². The lowest BCUT2D eigenvalue weighted by molar-refractivity contribution is -0.215. The number of sulfonamides is 1. The third kappa shape index (κ3) is 5.79. The van der Waals surface area contributed by atoms with Crippen LogP contribution in [0.3, 0.4) is 0 Å². The van der Waals surface area contributed by atoms with Crippen molar-refractivity contribution < 1.29 is 17.9 Å². The highest BCUT2D eigenvalue weighted by Crippen LogP contribution is 2.23. The molecule has 5 nitrogen and oxygen atoms in total. The van der Waals surface area contributed by atoms with Gasteiger partial charge in [-0.05, 0) is 39.5 Å². The topological polar surface area (TPSA) is 78.6 Å². The molecule has 1 heterocycles. The van der Waals surface area contributed by atoms with E-state index < -0.39 is 15.6 Å². The Morgan fingerprint density at radius 2 is 2.12 bits per heavy atom. The Balaban J connectivity index is 2.37. The molecule has 1 fully saturated rings. The Bertz CT molecular complexity index is 307. The summed E-state index contributed by atoms with van der Waals surface area (Å²) >= 11 is 0. The molecule has 1 unspecified atom stereocenters. The minimum absolute atomic E-state index is 0.0628. The highest BCUT2D eigenvalue weighted by Gasteiger charge is 2.26. The lowest BCUT2D eigenvalue weighted by Gasteiger charge is -2.32. The van der Waals surface area contributed by atoms with Crippen LogP contribution < -0.4 is 5.14 Å². The molecule has 1 aliphatic rings. The molecule has 1 saturated heterocycles. The molecule has 0 radical (unpaired) electrons. The summed E-state index contributed by atoms with van der Waals surface area (Å²) in [6.45, 7) is 4.43. The smallest absolute Gasteiger partial charge is 0.209 e. The molecule has 0 aromatic rings. The second kappa shape index (κ2) is 5.44. The lowest BCUT2D eigenvalue weighted by Crippen LogP contribution is -2.36. The van der Waals surface area contributed by atoms with E-state index in [1.54, 1.807) is 0 Å². The van der Waals surface area contributed by atoms with Gasteiger partial charge in [0.25, 0.3) is 0 Å². The minimum atomic E-state index is -3.42. The van der Waals surface area contributed by atoms with Crippen molar-refractivity contribution in [2.24, 2.45) is 5.14 Å². The molecule has 0 aromatic carbocycles. The quantitative estimate of drug-likeness (QED) is 0.790. The Kier molecular flexibility index (Phi) is 4.73. The van der Waals surface area contributed by atoms with Gasteiger partial charge in [-0.15, -0.1) is 0 Å². The first-order chi connectivity index (χ1) is 7.29. The van der Waals surface area contributed by atoms with Crippen molar-refractivity contribution in [2.45, 2.75) is 51.4 Å². The average molecular weight is 251 g/mol. The van der Waals surface area contributed by atoms with E-state index in [0.29, 0.717) is 6.42 Å². The van der Waals surface area contributed by atoms with Crippen molar-refractivity contribution in [1.82, 2.24) is 0 Å². The van der Waals surface area contributed by atoms with Gasteiger partial charge in [-0.25, -0.2) is 13.6 Å². The fourth-order valence-corrected chi connectivity index (χ4v) is 2.38. The van der Waals surface area contributed by atoms with Gasteiger partial charge in [-0.3, -0.25) is 0 Å². The zero-order chi connectivity index (χ0) is 12.2. The van der Waals surface area contributed by atoms with Gasteiger partial charge in [-0.2, -0.15) is 0 Å². The standard InChI is InChI=1S/C10H21NO4S/c1-10(2,6-8-16(11,12)13)15-9-5-3-4-7-14-9/h9H,3-8H2,1-2H3,(H2,11,12,13). The third-order valence-corrected chi connectivity index (χ3v) is 3.35. The number of hydrogen-bond donors (Lipinski definition) is 1. The molecule has 0 aromatic heterocycles. The average Bonchev–Trinajstić information content (AvgIpc) is 2.15. The maximum atomic E-state index is 10.9. The van der Waals surface area contributed by atoms with E-state index in [1.807, 2.05) is 13.8 Å². The zero-order valence-electron chi connectivity index (χ0n) is 9.94. The number of ether oxygens (including phenoxy) is 2. The summed E-state index contributed by atoms with van der Waals surface area (Å²) in [5, 5.41) is 4.96. The summed E-state index contributed by atoms with van der Waals surface area (Å²) in [5.41, 5.74) is -0.519. The van der Waals surface area contributed by atoms with Crippen LogP contribution in [0.25, 0.3) is 0 Å². The van der Waals surface area contributed by atoms with Crippen molar-refractivity contribution in [3.05, 3.63) is 0 Å². The highest BCUT2D eigenvalue weighted by molar-refractivity contribution is 7.89. The van der Waals surface area contributed by atoms with E-state index in [9.17, 15) is 8.42 Å². The molecule has 0 spiro atoms. The predicted molar refractivity (Wildman–Crippen MR) is 61.3 cm³/mol. The normalized spacial score (nSPS) is 23.3. The second-order valence-corrected chi connectivity index (χ2v) is 6.52. The number of nitrogens with two attached hydrogens (primary N) is 1. The second-order valence-electron chi connectivity index (χ2n) is 4.79. The van der Waals surface area contributed by atoms with Crippen LogP contribution in [0.4, 0.5) is 0 Å². The molecule has 0 bridgehead atoms. The summed E-state index contributed by atoms with van der Waals surface area (Å²) in [4.78, 5) is 0. The first kappa shape index (κ1) is 13.9. The lowest BCUT2D eigenvalue weighted by atomic mass is 10.1. The van der Waals surface area contributed by atoms with Gasteiger partial charge in [-0.1, -0.05) is 0 Å². The Hall–Kier alpha value is -0.170. The van der Waals surface area contributed by atoms with Crippen LogP contribution in [0.1, 0.15) is 39.5 Å². The van der Waals surface area contributed by atoms with Crippen LogP contribution in [-0.4, -0.2) is 32.7 Å². The van der Waals surface area contributed by atoms with Gasteiger partial charge < -0.3 is 9.47 Å². The van der Waals surface area contributed by atoms with Crippen LogP contribution in [-0.2, 0) is 19.5 Å². The Morgan fingerprint density at radius 1 is 1.44 bits per heavy atom. The molecule has 0 amide bonds. The molecular formula is C10H21NO4S. The molecule has 1 aliphatic heterocycles. The number of rotatable bonds is 5. The van der Waals surface area contributed by atoms with Gasteiger partial charge in [0.1, 0.15) is 0 Å². The van der Waals surface area contributed by atoms with E-state index >= 15 is 0 Å². The SMILES string of the molecule is CC(C)(CCS(N)(=O)=O)OC1CCCCO1. The van der Waals surface area contributed by atoms with Crippen molar-refractivity contribution in [1.29, 1.82) is 0 Å². The number of primary sulfonamides is 1. The number of hydrogen-bond acceptors (Lipinski definition) is 4. The maximum Gasteiger partial charge on any atom is 0.209 e. The molecule has 6 heteroatoms. The molecule has 0 aliphatic carbocycles. The Morgan fingerprint density at radius 3 is 2.62 bits per heavy atom. The largest absolute Gasteiger partial charge is 0.353 e. The molecule has 1 atom stereocenters. The van der Waals surface area contributed by atoms with E-state index in [-0.39, 0.29) is 12.0 Å². The van der Waals surface area contributed by atoms with Crippen LogP contribution in [0, 0.1) is 0 Å². The van der Waals surface area contributed by atoms with E-state index in [1.165, 1.54) is 0 Å². The van der Waals surface area contributed by atoms with E-state index in [0.717, 1.165) is 25.9 Å². The van der Waals surface area contributed by atoms with Gasteiger partial charge in [0.15, 0.2) is 6.29 Å². The maximum absolute atomic E-state index is 10.9. The van der Waals surface area contributed by atoms with Crippen molar-refractivity contribution in [3.63, 3.8) is 0 Å². The summed E-state index contributed by atoms with van der Waals surface area (Å²) < 4.78 is 32.9. The summed E-state index contributed by atoms with van der Waals surface area (Å²) in [5.74, 6) is -0.0628. The van der Waals surface area contributed by atoms with Crippen molar-refractivity contribution >= 4 is 10.0 Å². The first-order valence-corrected chi connectivity index (χ1v) is 7.30. The molecule has 0 saturated carbocycles. The molecule has 1 rings (SSSR count). The van der Waals surface area contributed by atoms with Gasteiger partial charge in [0, 0.05) is 6.61 Å². The van der Waals surface area contributed by atoms with E-state index in [2.05, 4.69) is 0 Å². The molecule has 16 heavy (non-hydrogen) atoms. The Labute approximate surface area is 97.3 Å². The highest BCUT2D eigenvalue weighted by atomic mass is 32.2. The summed E-state index contributed by atoms with van der Waals surface area (Å²) in [7, 11) is -3.42. The summed E-state index contributed by atoms with van der Waals surface area (Å²) in [6.07, 6.45) is 3.21. The fraction of sp³-hybridized carbons (Fsp3) is 1.00. The molecular weight excluding hydrogens is 230 g/mol.